The zero-order chi connectivity index (χ0) is 28.0. The van der Waals surface area contributed by atoms with Crippen LogP contribution in [0.2, 0.25) is 5.02 Å². The van der Waals surface area contributed by atoms with Crippen molar-refractivity contribution in [3.8, 4) is 5.75 Å². The number of piperidine rings is 1. The standard InChI is InChI=1S/C28H36ClN3O6/c1-28(2,3)17-32(24(33)16-30-27(37)31-13-11-18(12-14-31)26(35)36)22-10-9-19(29)15-21(22)25(34)20-7-5-6-8-23(20)38-4/h5-10,15,18,25,34H,11-14,16-17H2,1-4H3,(H,30,37)(H,35,36). The maximum Gasteiger partial charge on any atom is 0.317 e. The van der Waals surface area contributed by atoms with Crippen LogP contribution in [0.5, 0.6) is 5.75 Å². The molecule has 0 saturated carbocycles. The number of para-hydroxylation sites is 1. The highest BCUT2D eigenvalue weighted by Crippen LogP contribution is 2.37. The Morgan fingerprint density at radius 2 is 1.79 bits per heavy atom. The summed E-state index contributed by atoms with van der Waals surface area (Å²) < 4.78 is 5.43. The van der Waals surface area contributed by atoms with Crippen LogP contribution >= 0.6 is 11.6 Å². The fraction of sp³-hybridized carbons (Fsp3) is 0.464. The van der Waals surface area contributed by atoms with Gasteiger partial charge >= 0.3 is 12.0 Å². The van der Waals surface area contributed by atoms with Crippen molar-refractivity contribution in [3.63, 3.8) is 0 Å². The van der Waals surface area contributed by atoms with E-state index in [4.69, 9.17) is 16.3 Å². The van der Waals surface area contributed by atoms with Crippen molar-refractivity contribution in [2.75, 3.05) is 38.2 Å². The third kappa shape index (κ3) is 7.39. The van der Waals surface area contributed by atoms with Crippen LogP contribution < -0.4 is 15.0 Å². The number of urea groups is 1. The van der Waals surface area contributed by atoms with Crippen molar-refractivity contribution in [1.82, 2.24) is 10.2 Å². The van der Waals surface area contributed by atoms with Crippen LogP contribution in [0, 0.1) is 11.3 Å². The first-order valence-electron chi connectivity index (χ1n) is 12.6. The number of carboxylic acids is 1. The number of aliphatic hydroxyl groups is 1. The molecule has 3 rings (SSSR count). The van der Waals surface area contributed by atoms with Gasteiger partial charge in [-0.15, -0.1) is 0 Å². The van der Waals surface area contributed by atoms with Crippen molar-refractivity contribution in [2.24, 2.45) is 11.3 Å². The van der Waals surface area contributed by atoms with Gasteiger partial charge in [-0.3, -0.25) is 9.59 Å². The number of carboxylic acid groups (broad SMARTS) is 1. The Balaban J connectivity index is 1.85. The Kier molecular flexibility index (Phi) is 9.62. The Bertz CT molecular complexity index is 1160. The number of carbonyl (C=O) groups is 3. The Labute approximate surface area is 228 Å². The number of nitrogens with one attached hydrogen (secondary N) is 1. The summed E-state index contributed by atoms with van der Waals surface area (Å²) in [5, 5.41) is 23.7. The van der Waals surface area contributed by atoms with Crippen molar-refractivity contribution in [2.45, 2.75) is 39.7 Å². The Morgan fingerprint density at radius 3 is 2.39 bits per heavy atom. The van der Waals surface area contributed by atoms with Crippen LogP contribution in [-0.2, 0) is 9.59 Å². The average molecular weight is 546 g/mol. The molecule has 206 valence electrons. The van der Waals surface area contributed by atoms with Gasteiger partial charge in [-0.05, 0) is 42.5 Å². The highest BCUT2D eigenvalue weighted by Gasteiger charge is 2.30. The van der Waals surface area contributed by atoms with E-state index in [2.05, 4.69) is 5.32 Å². The van der Waals surface area contributed by atoms with E-state index in [0.717, 1.165) is 0 Å². The summed E-state index contributed by atoms with van der Waals surface area (Å²) in [5.74, 6) is -1.17. The lowest BCUT2D eigenvalue weighted by molar-refractivity contribution is -0.143. The fourth-order valence-corrected chi connectivity index (χ4v) is 4.70. The number of nitrogens with zero attached hydrogens (tertiary/aromatic N) is 2. The zero-order valence-electron chi connectivity index (χ0n) is 22.2. The molecule has 1 fully saturated rings. The molecule has 0 aromatic heterocycles. The highest BCUT2D eigenvalue weighted by molar-refractivity contribution is 6.30. The number of hydrogen-bond acceptors (Lipinski definition) is 5. The van der Waals surface area contributed by atoms with E-state index in [9.17, 15) is 24.6 Å². The molecule has 38 heavy (non-hydrogen) atoms. The number of amides is 3. The maximum absolute atomic E-state index is 13.5. The van der Waals surface area contributed by atoms with E-state index in [1.165, 1.54) is 12.0 Å². The van der Waals surface area contributed by atoms with E-state index < -0.39 is 24.0 Å². The number of anilines is 1. The number of rotatable bonds is 8. The molecule has 1 aliphatic heterocycles. The lowest BCUT2D eigenvalue weighted by Crippen LogP contribution is -2.49. The van der Waals surface area contributed by atoms with Crippen molar-refractivity contribution in [1.29, 1.82) is 0 Å². The minimum absolute atomic E-state index is 0.263. The number of aliphatic hydroxyl groups excluding tert-OH is 1. The van der Waals surface area contributed by atoms with Gasteiger partial charge in [0.05, 0.1) is 19.6 Å². The van der Waals surface area contributed by atoms with Gasteiger partial charge in [-0.2, -0.15) is 0 Å². The van der Waals surface area contributed by atoms with Crippen LogP contribution in [0.4, 0.5) is 10.5 Å². The second-order valence-electron chi connectivity index (χ2n) is 10.6. The molecular weight excluding hydrogens is 510 g/mol. The molecule has 0 aliphatic carbocycles. The number of methoxy groups -OCH3 is 1. The smallest absolute Gasteiger partial charge is 0.317 e. The number of ether oxygens (including phenoxy) is 1. The van der Waals surface area contributed by atoms with Crippen molar-refractivity contribution >= 4 is 35.2 Å². The first-order chi connectivity index (χ1) is 17.9. The summed E-state index contributed by atoms with van der Waals surface area (Å²) in [6, 6.07) is 11.6. The molecule has 0 radical (unpaired) electrons. The summed E-state index contributed by atoms with van der Waals surface area (Å²) in [6.45, 7) is 6.66. The van der Waals surface area contributed by atoms with Gasteiger partial charge in [0.25, 0.3) is 0 Å². The van der Waals surface area contributed by atoms with E-state index in [1.54, 1.807) is 47.4 Å². The van der Waals surface area contributed by atoms with Gasteiger partial charge in [-0.1, -0.05) is 50.6 Å². The second-order valence-corrected chi connectivity index (χ2v) is 11.1. The largest absolute Gasteiger partial charge is 0.496 e. The predicted molar refractivity (Wildman–Crippen MR) is 146 cm³/mol. The van der Waals surface area contributed by atoms with Gasteiger partial charge in [0.2, 0.25) is 5.91 Å². The molecule has 3 N–H and O–H groups in total. The monoisotopic (exact) mass is 545 g/mol. The van der Waals surface area contributed by atoms with Crippen molar-refractivity contribution in [3.05, 3.63) is 58.6 Å². The Hall–Kier alpha value is -3.30. The molecule has 2 aromatic rings. The molecule has 0 bridgehead atoms. The molecule has 1 aliphatic rings. The molecule has 10 heteroatoms. The van der Waals surface area contributed by atoms with Crippen LogP contribution in [0.3, 0.4) is 0 Å². The minimum Gasteiger partial charge on any atom is -0.496 e. The summed E-state index contributed by atoms with van der Waals surface area (Å²) in [4.78, 5) is 40.5. The number of halogens is 1. The zero-order valence-corrected chi connectivity index (χ0v) is 23.0. The van der Waals surface area contributed by atoms with Gasteiger partial charge in [0.1, 0.15) is 11.9 Å². The van der Waals surface area contributed by atoms with Crippen molar-refractivity contribution < 1.29 is 29.3 Å². The summed E-state index contributed by atoms with van der Waals surface area (Å²) in [5.41, 5.74) is 1.13. The van der Waals surface area contributed by atoms with Crippen LogP contribution in [0.25, 0.3) is 0 Å². The number of likely N-dealkylation sites (tertiary alicyclic amines) is 1. The summed E-state index contributed by atoms with van der Waals surface area (Å²) in [7, 11) is 1.52. The predicted octanol–water partition coefficient (Wildman–Crippen LogP) is 4.32. The molecule has 1 atom stereocenters. The van der Waals surface area contributed by atoms with Gasteiger partial charge in [0.15, 0.2) is 0 Å². The van der Waals surface area contributed by atoms with E-state index in [-0.39, 0.29) is 17.9 Å². The third-order valence-electron chi connectivity index (χ3n) is 6.46. The average Bonchev–Trinajstić information content (AvgIpc) is 2.89. The first kappa shape index (κ1) is 29.3. The molecule has 1 unspecified atom stereocenters. The molecule has 1 heterocycles. The third-order valence-corrected chi connectivity index (χ3v) is 6.70. The fourth-order valence-electron chi connectivity index (χ4n) is 4.52. The molecule has 9 nitrogen and oxygen atoms in total. The second kappa shape index (κ2) is 12.5. The first-order valence-corrected chi connectivity index (χ1v) is 13.0. The van der Waals surface area contributed by atoms with Crippen LogP contribution in [0.1, 0.15) is 50.8 Å². The Morgan fingerprint density at radius 1 is 1.13 bits per heavy atom. The lowest BCUT2D eigenvalue weighted by Gasteiger charge is -2.33. The van der Waals surface area contributed by atoms with Gasteiger partial charge < -0.3 is 30.1 Å². The summed E-state index contributed by atoms with van der Waals surface area (Å²) in [6.07, 6.45) is -0.371. The number of carbonyl (C=O) groups excluding carboxylic acids is 2. The minimum atomic E-state index is -1.12. The number of benzene rings is 2. The summed E-state index contributed by atoms with van der Waals surface area (Å²) >= 11 is 6.31. The molecule has 3 amide bonds. The molecule has 1 saturated heterocycles. The topological polar surface area (TPSA) is 119 Å². The maximum atomic E-state index is 13.5. The van der Waals surface area contributed by atoms with Gasteiger partial charge in [0, 0.05) is 41.5 Å². The normalized spacial score (nSPS) is 15.1. The van der Waals surface area contributed by atoms with E-state index >= 15 is 0 Å². The SMILES string of the molecule is COc1ccccc1C(O)c1cc(Cl)ccc1N(CC(C)(C)C)C(=O)CNC(=O)N1CCC(C(=O)O)CC1. The van der Waals surface area contributed by atoms with Crippen LogP contribution in [0.15, 0.2) is 42.5 Å². The number of hydrogen-bond donors (Lipinski definition) is 3. The highest BCUT2D eigenvalue weighted by atomic mass is 35.5. The molecular formula is C28H36ClN3O6. The van der Waals surface area contributed by atoms with E-state index in [0.29, 0.717) is 60.1 Å². The number of aliphatic carboxylic acids is 1. The van der Waals surface area contributed by atoms with Crippen LogP contribution in [-0.4, -0.2) is 66.3 Å². The molecule has 0 spiro atoms. The van der Waals surface area contributed by atoms with E-state index in [1.807, 2.05) is 20.8 Å². The quantitative estimate of drug-likeness (QED) is 0.454. The molecule has 2 aromatic carbocycles. The van der Waals surface area contributed by atoms with Gasteiger partial charge in [-0.25, -0.2) is 4.79 Å². The lowest BCUT2D eigenvalue weighted by atomic mass is 9.93.